The van der Waals surface area contributed by atoms with E-state index in [4.69, 9.17) is 13.9 Å². The molecule has 0 spiro atoms. The van der Waals surface area contributed by atoms with Crippen LogP contribution in [0.15, 0.2) is 51.7 Å². The number of anilines is 1. The highest BCUT2D eigenvalue weighted by atomic mass is 16.5. The number of nitrogens with zero attached hydrogens (tertiary/aromatic N) is 1. The Bertz CT molecular complexity index is 1100. The zero-order valence-corrected chi connectivity index (χ0v) is 17.3. The van der Waals surface area contributed by atoms with E-state index < -0.39 is 11.6 Å². The summed E-state index contributed by atoms with van der Waals surface area (Å²) in [6, 6.07) is 12.3. The molecule has 0 amide bonds. The van der Waals surface area contributed by atoms with Crippen molar-refractivity contribution < 1.29 is 18.7 Å². The summed E-state index contributed by atoms with van der Waals surface area (Å²) in [6.07, 6.45) is -0.0878. The van der Waals surface area contributed by atoms with Crippen molar-refractivity contribution in [3.8, 4) is 5.75 Å². The maximum Gasteiger partial charge on any atom is 0.338 e. The number of hydrogen-bond acceptors (Lipinski definition) is 6. The Morgan fingerprint density at radius 1 is 1.14 bits per heavy atom. The summed E-state index contributed by atoms with van der Waals surface area (Å²) < 4.78 is 16.9. The molecule has 3 rings (SSSR count). The number of carbonyl (C=O) groups is 1. The lowest BCUT2D eigenvalue weighted by molar-refractivity contribution is 0.0469. The molecule has 6 nitrogen and oxygen atoms in total. The fourth-order valence-electron chi connectivity index (χ4n) is 3.05. The quantitative estimate of drug-likeness (QED) is 0.458. The molecule has 6 heteroatoms. The third-order valence-electron chi connectivity index (χ3n) is 4.49. The molecular weight excluding hydrogens is 370 g/mol. The molecule has 0 aliphatic carbocycles. The average Bonchev–Trinajstić information content (AvgIpc) is 2.66. The highest BCUT2D eigenvalue weighted by Gasteiger charge is 2.17. The molecule has 0 bridgehead atoms. The Morgan fingerprint density at radius 3 is 2.59 bits per heavy atom. The Morgan fingerprint density at radius 2 is 1.90 bits per heavy atom. The average molecular weight is 395 g/mol. The largest absolute Gasteiger partial charge is 0.490 e. The van der Waals surface area contributed by atoms with Crippen LogP contribution in [-0.2, 0) is 11.3 Å². The van der Waals surface area contributed by atoms with E-state index in [2.05, 4.69) is 0 Å². The summed E-state index contributed by atoms with van der Waals surface area (Å²) in [6.45, 7) is 5.57. The maximum absolute atomic E-state index is 12.6. The van der Waals surface area contributed by atoms with Gasteiger partial charge in [0.25, 0.3) is 0 Å². The second-order valence-corrected chi connectivity index (χ2v) is 7.35. The number of fused-ring (bicyclic) bond motifs is 1. The number of esters is 1. The molecule has 0 saturated carbocycles. The molecule has 0 unspecified atom stereocenters. The zero-order valence-electron chi connectivity index (χ0n) is 17.3. The Kier molecular flexibility index (Phi) is 5.92. The van der Waals surface area contributed by atoms with Crippen LogP contribution in [0.25, 0.3) is 11.0 Å². The Balaban J connectivity index is 1.96. The van der Waals surface area contributed by atoms with Crippen molar-refractivity contribution in [2.45, 2.75) is 33.5 Å². The monoisotopic (exact) mass is 395 g/mol. The predicted molar refractivity (Wildman–Crippen MR) is 113 cm³/mol. The fourth-order valence-corrected chi connectivity index (χ4v) is 3.05. The molecule has 0 N–H and O–H groups in total. The van der Waals surface area contributed by atoms with Crippen LogP contribution < -0.4 is 15.3 Å². The van der Waals surface area contributed by atoms with Gasteiger partial charge < -0.3 is 18.8 Å². The van der Waals surface area contributed by atoms with Crippen molar-refractivity contribution >= 4 is 22.6 Å². The normalized spacial score (nSPS) is 11.0. The van der Waals surface area contributed by atoms with Crippen molar-refractivity contribution in [1.82, 2.24) is 0 Å². The number of rotatable bonds is 6. The topological polar surface area (TPSA) is 69.0 Å². The third kappa shape index (κ3) is 4.59. The SMILES string of the molecule is Cc1cc(=O)oc2c(COC(=O)c3cccc(N(C)C)c3)c(OC(C)C)ccc12. The lowest BCUT2D eigenvalue weighted by Crippen LogP contribution is -2.12. The van der Waals surface area contributed by atoms with Gasteiger partial charge in [0.2, 0.25) is 0 Å². The van der Waals surface area contributed by atoms with E-state index in [9.17, 15) is 9.59 Å². The first-order valence-corrected chi connectivity index (χ1v) is 9.43. The highest BCUT2D eigenvalue weighted by Crippen LogP contribution is 2.31. The molecule has 0 radical (unpaired) electrons. The molecule has 0 aliphatic rings. The summed E-state index contributed by atoms with van der Waals surface area (Å²) in [5, 5.41) is 0.779. The van der Waals surface area contributed by atoms with Crippen molar-refractivity contribution in [2.75, 3.05) is 19.0 Å². The minimum Gasteiger partial charge on any atom is -0.490 e. The van der Waals surface area contributed by atoms with Gasteiger partial charge in [0, 0.05) is 31.2 Å². The van der Waals surface area contributed by atoms with Gasteiger partial charge in [-0.05, 0) is 56.7 Å². The smallest absolute Gasteiger partial charge is 0.338 e. The van der Waals surface area contributed by atoms with Crippen LogP contribution in [0.3, 0.4) is 0 Å². The van der Waals surface area contributed by atoms with Gasteiger partial charge in [-0.2, -0.15) is 0 Å². The lowest BCUT2D eigenvalue weighted by atomic mass is 10.1. The van der Waals surface area contributed by atoms with Crippen LogP contribution in [0, 0.1) is 6.92 Å². The second kappa shape index (κ2) is 8.39. The molecule has 152 valence electrons. The predicted octanol–water partition coefficient (Wildman–Crippen LogP) is 4.31. The fraction of sp³-hybridized carbons (Fsp3) is 0.304. The van der Waals surface area contributed by atoms with Gasteiger partial charge in [0.15, 0.2) is 0 Å². The molecule has 0 aliphatic heterocycles. The number of carbonyl (C=O) groups excluding carboxylic acids is 1. The van der Waals surface area contributed by atoms with Crippen molar-refractivity contribution in [1.29, 1.82) is 0 Å². The van der Waals surface area contributed by atoms with Gasteiger partial charge >= 0.3 is 11.6 Å². The van der Waals surface area contributed by atoms with Crippen LogP contribution in [0.4, 0.5) is 5.69 Å². The van der Waals surface area contributed by atoms with Crippen molar-refractivity contribution in [2.24, 2.45) is 0 Å². The molecule has 0 saturated heterocycles. The third-order valence-corrected chi connectivity index (χ3v) is 4.49. The van der Waals surface area contributed by atoms with Gasteiger partial charge in [-0.3, -0.25) is 0 Å². The van der Waals surface area contributed by atoms with E-state index in [0.717, 1.165) is 16.6 Å². The van der Waals surface area contributed by atoms with Gasteiger partial charge in [0.1, 0.15) is 17.9 Å². The number of hydrogen-bond donors (Lipinski definition) is 0. The number of ether oxygens (including phenoxy) is 2. The molecule has 3 aromatic rings. The Labute approximate surface area is 169 Å². The van der Waals surface area contributed by atoms with Gasteiger partial charge in [-0.1, -0.05) is 6.07 Å². The molecule has 0 atom stereocenters. The summed E-state index contributed by atoms with van der Waals surface area (Å²) in [4.78, 5) is 26.5. The zero-order chi connectivity index (χ0) is 21.1. The lowest BCUT2D eigenvalue weighted by Gasteiger charge is -2.17. The highest BCUT2D eigenvalue weighted by molar-refractivity contribution is 5.91. The van der Waals surface area contributed by atoms with Gasteiger partial charge in [0.05, 0.1) is 17.2 Å². The van der Waals surface area contributed by atoms with Crippen molar-refractivity contribution in [3.05, 3.63) is 69.6 Å². The summed E-state index contributed by atoms with van der Waals surface area (Å²) in [7, 11) is 3.81. The molecule has 2 aromatic carbocycles. The van der Waals surface area contributed by atoms with E-state index >= 15 is 0 Å². The van der Waals surface area contributed by atoms with E-state index in [1.165, 1.54) is 6.07 Å². The minimum atomic E-state index is -0.462. The van der Waals surface area contributed by atoms with Gasteiger partial charge in [-0.25, -0.2) is 9.59 Å². The second-order valence-electron chi connectivity index (χ2n) is 7.35. The maximum atomic E-state index is 12.6. The summed E-state index contributed by atoms with van der Waals surface area (Å²) in [5.41, 5.74) is 2.59. The number of aryl methyl sites for hydroxylation is 1. The van der Waals surface area contributed by atoms with E-state index in [1.807, 2.05) is 58.0 Å². The van der Waals surface area contributed by atoms with Crippen LogP contribution in [-0.4, -0.2) is 26.2 Å². The van der Waals surface area contributed by atoms with Crippen molar-refractivity contribution in [3.63, 3.8) is 0 Å². The first-order valence-electron chi connectivity index (χ1n) is 9.43. The molecule has 0 fully saturated rings. The molecular formula is C23H25NO5. The summed E-state index contributed by atoms with van der Waals surface area (Å²) in [5.74, 6) is 0.0623. The van der Waals surface area contributed by atoms with Crippen LogP contribution >= 0.6 is 0 Å². The van der Waals surface area contributed by atoms with Crippen LogP contribution in [0.2, 0.25) is 0 Å². The minimum absolute atomic E-state index is 0.0726. The van der Waals surface area contributed by atoms with Crippen LogP contribution in [0.5, 0.6) is 5.75 Å². The first kappa shape index (κ1) is 20.5. The van der Waals surface area contributed by atoms with E-state index in [1.54, 1.807) is 18.2 Å². The molecule has 1 heterocycles. The number of benzene rings is 2. The standard InChI is InChI=1S/C23H25NO5/c1-14(2)28-20-10-9-18-15(3)11-21(25)29-22(18)19(20)13-27-23(26)16-7-6-8-17(12-16)24(4)5/h6-12,14H,13H2,1-5H3. The molecule has 1 aromatic heterocycles. The van der Waals surface area contributed by atoms with E-state index in [0.29, 0.717) is 22.5 Å². The van der Waals surface area contributed by atoms with E-state index in [-0.39, 0.29) is 12.7 Å². The molecule has 29 heavy (non-hydrogen) atoms. The summed E-state index contributed by atoms with van der Waals surface area (Å²) >= 11 is 0. The first-order chi connectivity index (χ1) is 13.8. The van der Waals surface area contributed by atoms with Gasteiger partial charge in [-0.15, -0.1) is 0 Å². The van der Waals surface area contributed by atoms with Crippen LogP contribution in [0.1, 0.15) is 35.3 Å². The Hall–Kier alpha value is -3.28.